The van der Waals surface area contributed by atoms with Crippen molar-refractivity contribution in [3.8, 4) is 5.75 Å². The van der Waals surface area contributed by atoms with E-state index >= 15 is 0 Å². The van der Waals surface area contributed by atoms with E-state index in [1.54, 1.807) is 48.5 Å². The highest BCUT2D eigenvalue weighted by atomic mass is 16.5. The van der Waals surface area contributed by atoms with E-state index in [1.165, 1.54) is 4.90 Å². The number of Topliss-reactive ketones (excluding diaryl/α,β-unsaturated/α-hetero) is 1. The summed E-state index contributed by atoms with van der Waals surface area (Å²) < 4.78 is 5.53. The van der Waals surface area contributed by atoms with E-state index in [0.717, 1.165) is 11.1 Å². The highest BCUT2D eigenvalue weighted by molar-refractivity contribution is 6.51. The Labute approximate surface area is 200 Å². The van der Waals surface area contributed by atoms with Gasteiger partial charge in [0.05, 0.1) is 18.2 Å². The number of rotatable bonds is 5. The predicted octanol–water partition coefficient (Wildman–Crippen LogP) is 6.01. The molecule has 34 heavy (non-hydrogen) atoms. The third-order valence-electron chi connectivity index (χ3n) is 6.01. The topological polar surface area (TPSA) is 66.8 Å². The number of aliphatic hydroxyl groups is 1. The van der Waals surface area contributed by atoms with Crippen molar-refractivity contribution in [3.05, 3.63) is 101 Å². The zero-order chi connectivity index (χ0) is 24.5. The first kappa shape index (κ1) is 23.3. The van der Waals surface area contributed by atoms with Crippen LogP contribution in [0.3, 0.4) is 0 Å². The van der Waals surface area contributed by atoms with Gasteiger partial charge in [-0.2, -0.15) is 0 Å². The van der Waals surface area contributed by atoms with E-state index in [-0.39, 0.29) is 16.7 Å². The van der Waals surface area contributed by atoms with E-state index in [4.69, 9.17) is 4.74 Å². The van der Waals surface area contributed by atoms with Crippen LogP contribution in [0, 0.1) is 0 Å². The molecule has 1 saturated heterocycles. The molecule has 1 N–H and O–H groups in total. The number of aliphatic hydroxyl groups excluding tert-OH is 1. The molecule has 0 spiro atoms. The fraction of sp³-hybridized carbons (Fsp3) is 0.241. The van der Waals surface area contributed by atoms with Crippen molar-refractivity contribution in [1.82, 2.24) is 0 Å². The minimum atomic E-state index is -0.757. The van der Waals surface area contributed by atoms with Crippen LogP contribution in [-0.4, -0.2) is 23.4 Å². The van der Waals surface area contributed by atoms with Crippen LogP contribution in [0.25, 0.3) is 5.76 Å². The molecule has 1 fully saturated rings. The molecule has 5 nitrogen and oxygen atoms in total. The molecule has 4 rings (SSSR count). The number of hydrogen-bond donors (Lipinski definition) is 1. The van der Waals surface area contributed by atoms with Gasteiger partial charge in [-0.25, -0.2) is 0 Å². The Balaban J connectivity index is 1.88. The van der Waals surface area contributed by atoms with Crippen LogP contribution in [0.2, 0.25) is 0 Å². The number of anilines is 1. The van der Waals surface area contributed by atoms with E-state index in [2.05, 4.69) is 20.8 Å². The summed E-state index contributed by atoms with van der Waals surface area (Å²) in [7, 11) is 0. The van der Waals surface area contributed by atoms with Crippen molar-refractivity contribution in [2.75, 3.05) is 11.5 Å². The molecule has 1 aliphatic rings. The third kappa shape index (κ3) is 4.34. The molecule has 0 aromatic heterocycles. The molecule has 0 aliphatic carbocycles. The fourth-order valence-electron chi connectivity index (χ4n) is 4.20. The van der Waals surface area contributed by atoms with Crippen LogP contribution in [0.15, 0.2) is 84.4 Å². The Morgan fingerprint density at radius 1 is 0.912 bits per heavy atom. The number of ether oxygens (including phenoxy) is 1. The smallest absolute Gasteiger partial charge is 0.300 e. The maximum absolute atomic E-state index is 13.3. The fourth-order valence-corrected chi connectivity index (χ4v) is 4.20. The summed E-state index contributed by atoms with van der Waals surface area (Å²) in [6.45, 7) is 8.81. The molecule has 1 amide bonds. The molecule has 1 atom stereocenters. The van der Waals surface area contributed by atoms with Gasteiger partial charge in [0.25, 0.3) is 11.7 Å². The number of ketones is 1. The lowest BCUT2D eigenvalue weighted by Gasteiger charge is -2.26. The first-order chi connectivity index (χ1) is 16.2. The largest absolute Gasteiger partial charge is 0.507 e. The van der Waals surface area contributed by atoms with Crippen molar-refractivity contribution < 1.29 is 19.4 Å². The normalized spacial score (nSPS) is 17.8. The number of nitrogens with zero attached hydrogens (tertiary/aromatic N) is 1. The van der Waals surface area contributed by atoms with Crippen LogP contribution in [-0.2, 0) is 15.0 Å². The van der Waals surface area contributed by atoms with Gasteiger partial charge in [0.1, 0.15) is 11.5 Å². The summed E-state index contributed by atoms with van der Waals surface area (Å²) in [5.41, 5.74) is 2.97. The lowest BCUT2D eigenvalue weighted by Crippen LogP contribution is -2.29. The zero-order valence-corrected chi connectivity index (χ0v) is 19.9. The number of benzene rings is 3. The van der Waals surface area contributed by atoms with Crippen LogP contribution >= 0.6 is 0 Å². The van der Waals surface area contributed by atoms with Gasteiger partial charge >= 0.3 is 0 Å². The van der Waals surface area contributed by atoms with Crippen molar-refractivity contribution in [3.63, 3.8) is 0 Å². The summed E-state index contributed by atoms with van der Waals surface area (Å²) in [5, 5.41) is 11.2. The van der Waals surface area contributed by atoms with E-state index in [9.17, 15) is 14.7 Å². The lowest BCUT2D eigenvalue weighted by molar-refractivity contribution is -0.132. The zero-order valence-electron chi connectivity index (χ0n) is 19.9. The SMILES string of the molecule is CCOc1ccc(N2C(=O)C(=O)/C(=C(\O)c3ccccc3)C2c2ccc(C(C)(C)C)cc2)cc1. The summed E-state index contributed by atoms with van der Waals surface area (Å²) in [5.74, 6) is -0.887. The Hall–Kier alpha value is -3.86. The summed E-state index contributed by atoms with van der Waals surface area (Å²) in [6.07, 6.45) is 0. The molecular formula is C29H29NO4. The van der Waals surface area contributed by atoms with Gasteiger partial charge < -0.3 is 9.84 Å². The van der Waals surface area contributed by atoms with Gasteiger partial charge in [0.2, 0.25) is 0 Å². The van der Waals surface area contributed by atoms with E-state index < -0.39 is 17.7 Å². The van der Waals surface area contributed by atoms with Gasteiger partial charge in [-0.05, 0) is 47.7 Å². The number of carbonyl (C=O) groups is 2. The predicted molar refractivity (Wildman–Crippen MR) is 134 cm³/mol. The van der Waals surface area contributed by atoms with Crippen LogP contribution in [0.5, 0.6) is 5.75 Å². The average molecular weight is 456 g/mol. The first-order valence-corrected chi connectivity index (χ1v) is 11.4. The van der Waals surface area contributed by atoms with Gasteiger partial charge in [0, 0.05) is 11.3 Å². The number of amides is 1. The molecule has 0 radical (unpaired) electrons. The van der Waals surface area contributed by atoms with Gasteiger partial charge in [-0.3, -0.25) is 14.5 Å². The van der Waals surface area contributed by atoms with Crippen LogP contribution < -0.4 is 9.64 Å². The summed E-state index contributed by atoms with van der Waals surface area (Å²) in [4.78, 5) is 28.0. The summed E-state index contributed by atoms with van der Waals surface area (Å²) in [6, 6.07) is 23.0. The standard InChI is InChI=1S/C29H29NO4/c1-5-34-23-17-15-22(16-18-23)30-25(19-11-13-21(14-12-19)29(2,3)4)24(27(32)28(30)33)26(31)20-9-7-6-8-10-20/h6-18,25,31H,5H2,1-4H3/b26-24-. The molecule has 3 aromatic carbocycles. The quantitative estimate of drug-likeness (QED) is 0.291. The molecule has 5 heteroatoms. The Bertz CT molecular complexity index is 1220. The number of carbonyl (C=O) groups excluding carboxylic acids is 2. The maximum atomic E-state index is 13.3. The third-order valence-corrected chi connectivity index (χ3v) is 6.01. The maximum Gasteiger partial charge on any atom is 0.300 e. The average Bonchev–Trinajstić information content (AvgIpc) is 3.10. The molecule has 1 unspecified atom stereocenters. The molecule has 1 heterocycles. The van der Waals surface area contributed by atoms with Crippen LogP contribution in [0.4, 0.5) is 5.69 Å². The number of hydrogen-bond acceptors (Lipinski definition) is 4. The van der Waals surface area contributed by atoms with E-state index in [0.29, 0.717) is 23.6 Å². The Morgan fingerprint density at radius 3 is 2.09 bits per heavy atom. The monoisotopic (exact) mass is 455 g/mol. The second-order valence-corrected chi connectivity index (χ2v) is 9.33. The van der Waals surface area contributed by atoms with Gasteiger partial charge in [-0.15, -0.1) is 0 Å². The van der Waals surface area contributed by atoms with Crippen molar-refractivity contribution in [2.24, 2.45) is 0 Å². The molecule has 0 bridgehead atoms. The highest BCUT2D eigenvalue weighted by Crippen LogP contribution is 2.42. The van der Waals surface area contributed by atoms with Gasteiger partial charge in [-0.1, -0.05) is 75.4 Å². The molecule has 1 aliphatic heterocycles. The van der Waals surface area contributed by atoms with Crippen molar-refractivity contribution in [2.45, 2.75) is 39.2 Å². The molecular weight excluding hydrogens is 426 g/mol. The minimum Gasteiger partial charge on any atom is -0.507 e. The van der Waals surface area contributed by atoms with Gasteiger partial charge in [0.15, 0.2) is 0 Å². The van der Waals surface area contributed by atoms with E-state index in [1.807, 2.05) is 37.3 Å². The Kier molecular flexibility index (Phi) is 6.29. The molecule has 0 saturated carbocycles. The van der Waals surface area contributed by atoms with Crippen molar-refractivity contribution in [1.29, 1.82) is 0 Å². The summed E-state index contributed by atoms with van der Waals surface area (Å²) >= 11 is 0. The second-order valence-electron chi connectivity index (χ2n) is 9.33. The Morgan fingerprint density at radius 2 is 1.53 bits per heavy atom. The van der Waals surface area contributed by atoms with Crippen molar-refractivity contribution >= 4 is 23.1 Å². The molecule has 174 valence electrons. The minimum absolute atomic E-state index is 0.0422. The molecule has 3 aromatic rings. The first-order valence-electron chi connectivity index (χ1n) is 11.4. The highest BCUT2D eigenvalue weighted by Gasteiger charge is 2.47. The van der Waals surface area contributed by atoms with Crippen LogP contribution in [0.1, 0.15) is 50.4 Å². The lowest BCUT2D eigenvalue weighted by atomic mass is 9.85. The second kappa shape index (κ2) is 9.18.